The van der Waals surface area contributed by atoms with Crippen molar-refractivity contribution in [3.63, 3.8) is 0 Å². The molecule has 27 heavy (non-hydrogen) atoms. The number of sulfonamides is 1. The molecule has 0 saturated carbocycles. The van der Waals surface area contributed by atoms with Crippen LogP contribution in [0.1, 0.15) is 25.0 Å². The lowest BCUT2D eigenvalue weighted by molar-refractivity contribution is -0.147. The number of aliphatic imine (C=N–C) groups is 1. The van der Waals surface area contributed by atoms with Crippen LogP contribution in [0.3, 0.4) is 0 Å². The van der Waals surface area contributed by atoms with Gasteiger partial charge in [0.05, 0.1) is 4.90 Å². The molecule has 3 rings (SSSR count). The van der Waals surface area contributed by atoms with Crippen LogP contribution in [0.25, 0.3) is 0 Å². The van der Waals surface area contributed by atoms with Crippen LogP contribution < -0.4 is 4.72 Å². The van der Waals surface area contributed by atoms with Crippen LogP contribution in [0.5, 0.6) is 0 Å². The van der Waals surface area contributed by atoms with Crippen LogP contribution in [0.2, 0.25) is 0 Å². The summed E-state index contributed by atoms with van der Waals surface area (Å²) in [6.45, 7) is 3.57. The van der Waals surface area contributed by atoms with Crippen LogP contribution in [0.15, 0.2) is 58.4 Å². The second kappa shape index (κ2) is 7.48. The quantitative estimate of drug-likeness (QED) is 0.796. The van der Waals surface area contributed by atoms with E-state index in [4.69, 9.17) is 4.74 Å². The summed E-state index contributed by atoms with van der Waals surface area (Å²) in [7, 11) is -3.68. The Bertz CT molecular complexity index is 985. The molecule has 0 amide bonds. The van der Waals surface area contributed by atoms with E-state index in [9.17, 15) is 17.6 Å². The van der Waals surface area contributed by atoms with Crippen LogP contribution >= 0.6 is 0 Å². The number of benzene rings is 2. The number of hydrogen-bond acceptors (Lipinski definition) is 5. The zero-order valence-corrected chi connectivity index (χ0v) is 15.7. The highest BCUT2D eigenvalue weighted by atomic mass is 32.2. The Labute approximate surface area is 157 Å². The van der Waals surface area contributed by atoms with Crippen molar-refractivity contribution < 1.29 is 22.3 Å². The van der Waals surface area contributed by atoms with Crippen molar-refractivity contribution in [3.8, 4) is 0 Å². The highest BCUT2D eigenvalue weighted by Crippen LogP contribution is 2.23. The standard InChI is InChI=1S/C19H19FN2O4S/c1-12(2)17(19(23)26-11-13-7-9-14(20)10-8-13)21-18-15-5-3-4-6-16(15)27(24,25)22-18/h3-10,12,17H,11H2,1-2H3,(H,21,22)/t17-/m0/s1. The van der Waals surface area contributed by atoms with E-state index in [1.165, 1.54) is 30.3 Å². The van der Waals surface area contributed by atoms with Gasteiger partial charge in [-0.25, -0.2) is 17.6 Å². The first-order chi connectivity index (χ1) is 12.8. The second-order valence-corrected chi connectivity index (χ2v) is 8.15. The fourth-order valence-corrected chi connectivity index (χ4v) is 3.90. The lowest BCUT2D eigenvalue weighted by Crippen LogP contribution is -2.31. The van der Waals surface area contributed by atoms with Gasteiger partial charge in [0.25, 0.3) is 10.0 Å². The Hall–Kier alpha value is -2.74. The number of carbonyl (C=O) groups excluding carboxylic acids is 1. The monoisotopic (exact) mass is 390 g/mol. The molecule has 0 aromatic heterocycles. The van der Waals surface area contributed by atoms with Crippen LogP contribution in [-0.4, -0.2) is 26.3 Å². The number of hydrogen-bond donors (Lipinski definition) is 1. The maximum atomic E-state index is 12.9. The fourth-order valence-electron chi connectivity index (χ4n) is 2.66. The van der Waals surface area contributed by atoms with Gasteiger partial charge in [-0.1, -0.05) is 38.1 Å². The molecule has 8 heteroatoms. The van der Waals surface area contributed by atoms with E-state index in [2.05, 4.69) is 9.71 Å². The first-order valence-corrected chi connectivity index (χ1v) is 9.87. The van der Waals surface area contributed by atoms with E-state index in [-0.39, 0.29) is 29.1 Å². The van der Waals surface area contributed by atoms with Crippen LogP contribution in [0.4, 0.5) is 4.39 Å². The van der Waals surface area contributed by atoms with Gasteiger partial charge >= 0.3 is 5.97 Å². The molecule has 1 N–H and O–H groups in total. The van der Waals surface area contributed by atoms with Crippen molar-refractivity contribution in [1.82, 2.24) is 4.72 Å². The molecule has 6 nitrogen and oxygen atoms in total. The number of nitrogens with one attached hydrogen (secondary N) is 1. The summed E-state index contributed by atoms with van der Waals surface area (Å²) in [4.78, 5) is 17.0. The minimum atomic E-state index is -3.68. The summed E-state index contributed by atoms with van der Waals surface area (Å²) in [5.41, 5.74) is 1.07. The largest absolute Gasteiger partial charge is 0.459 e. The topological polar surface area (TPSA) is 84.8 Å². The van der Waals surface area contributed by atoms with E-state index in [1.807, 2.05) is 0 Å². The maximum absolute atomic E-state index is 12.9. The third-order valence-corrected chi connectivity index (χ3v) is 5.50. The van der Waals surface area contributed by atoms with Crippen molar-refractivity contribution in [3.05, 3.63) is 65.5 Å². The summed E-state index contributed by atoms with van der Waals surface area (Å²) in [6.07, 6.45) is 0. The molecule has 1 aliphatic rings. The van der Waals surface area contributed by atoms with Crippen LogP contribution in [0, 0.1) is 11.7 Å². The molecule has 0 saturated heterocycles. The fraction of sp³-hybridized carbons (Fsp3) is 0.263. The molecule has 1 heterocycles. The van der Waals surface area contributed by atoms with Crippen molar-refractivity contribution in [2.45, 2.75) is 31.4 Å². The van der Waals surface area contributed by atoms with E-state index < -0.39 is 22.0 Å². The first-order valence-electron chi connectivity index (χ1n) is 8.39. The zero-order valence-electron chi connectivity index (χ0n) is 14.8. The Morgan fingerprint density at radius 3 is 2.48 bits per heavy atom. The third kappa shape index (κ3) is 4.16. The normalized spacial score (nSPS) is 17.4. The number of amidine groups is 1. The highest BCUT2D eigenvalue weighted by molar-refractivity contribution is 7.90. The molecule has 2 aromatic rings. The summed E-state index contributed by atoms with van der Waals surface area (Å²) in [5.74, 6) is -1.03. The van der Waals surface area contributed by atoms with Gasteiger partial charge in [0.15, 0.2) is 6.04 Å². The molecule has 142 valence electrons. The highest BCUT2D eigenvalue weighted by Gasteiger charge is 2.33. The average Bonchev–Trinajstić information content (AvgIpc) is 2.89. The molecular formula is C19H19FN2O4S. The molecular weight excluding hydrogens is 371 g/mol. The Balaban J connectivity index is 1.81. The van der Waals surface area contributed by atoms with Gasteiger partial charge in [0.1, 0.15) is 18.3 Å². The van der Waals surface area contributed by atoms with Crippen molar-refractivity contribution in [2.24, 2.45) is 10.9 Å². The van der Waals surface area contributed by atoms with Crippen molar-refractivity contribution in [1.29, 1.82) is 0 Å². The number of nitrogens with zero attached hydrogens (tertiary/aromatic N) is 1. The Kier molecular flexibility index (Phi) is 5.27. The van der Waals surface area contributed by atoms with Crippen LogP contribution in [-0.2, 0) is 26.2 Å². The molecule has 0 bridgehead atoms. The minimum absolute atomic E-state index is 0.0184. The van der Waals surface area contributed by atoms with E-state index in [1.54, 1.807) is 32.0 Å². The van der Waals surface area contributed by atoms with Gasteiger partial charge in [-0.3, -0.25) is 9.71 Å². The number of rotatable bonds is 5. The summed E-state index contributed by atoms with van der Waals surface area (Å²) >= 11 is 0. The molecule has 1 aliphatic heterocycles. The molecule has 0 fully saturated rings. The molecule has 2 aromatic carbocycles. The predicted molar refractivity (Wildman–Crippen MR) is 98.1 cm³/mol. The Morgan fingerprint density at radius 2 is 1.81 bits per heavy atom. The summed E-state index contributed by atoms with van der Waals surface area (Å²) in [6, 6.07) is 11.2. The molecule has 0 radical (unpaired) electrons. The SMILES string of the molecule is CC(C)[C@H](N=C1NS(=O)(=O)c2ccccc21)C(=O)OCc1ccc(F)cc1. The average molecular weight is 390 g/mol. The number of ether oxygens (including phenoxy) is 1. The summed E-state index contributed by atoms with van der Waals surface area (Å²) < 4.78 is 45.0. The smallest absolute Gasteiger partial charge is 0.331 e. The number of carbonyl (C=O) groups is 1. The lowest BCUT2D eigenvalue weighted by Gasteiger charge is -2.16. The van der Waals surface area contributed by atoms with Crippen molar-refractivity contribution in [2.75, 3.05) is 0 Å². The molecule has 0 aliphatic carbocycles. The number of fused-ring (bicyclic) bond motifs is 1. The predicted octanol–water partition coefficient (Wildman–Crippen LogP) is 2.63. The number of esters is 1. The van der Waals surface area contributed by atoms with E-state index >= 15 is 0 Å². The van der Waals surface area contributed by atoms with Crippen molar-refractivity contribution >= 4 is 21.8 Å². The number of halogens is 1. The van der Waals surface area contributed by atoms with E-state index in [0.29, 0.717) is 11.1 Å². The van der Waals surface area contributed by atoms with Gasteiger partial charge in [-0.15, -0.1) is 0 Å². The zero-order chi connectivity index (χ0) is 19.6. The maximum Gasteiger partial charge on any atom is 0.331 e. The van der Waals surface area contributed by atoms with Gasteiger partial charge in [-0.2, -0.15) is 0 Å². The van der Waals surface area contributed by atoms with Gasteiger partial charge in [0.2, 0.25) is 0 Å². The lowest BCUT2D eigenvalue weighted by atomic mass is 10.1. The van der Waals surface area contributed by atoms with Gasteiger partial charge in [0, 0.05) is 5.56 Å². The summed E-state index contributed by atoms with van der Waals surface area (Å²) in [5, 5.41) is 0. The third-order valence-electron chi connectivity index (χ3n) is 4.10. The Morgan fingerprint density at radius 1 is 1.15 bits per heavy atom. The molecule has 0 unspecified atom stereocenters. The molecule has 0 spiro atoms. The first kappa shape index (κ1) is 19.0. The van der Waals surface area contributed by atoms with Gasteiger partial charge < -0.3 is 4.74 Å². The molecule has 1 atom stereocenters. The second-order valence-electron chi connectivity index (χ2n) is 6.50. The van der Waals surface area contributed by atoms with E-state index in [0.717, 1.165) is 0 Å². The minimum Gasteiger partial charge on any atom is -0.459 e. The van der Waals surface area contributed by atoms with Gasteiger partial charge in [-0.05, 0) is 35.7 Å².